The Balaban J connectivity index is 1.68. The summed E-state index contributed by atoms with van der Waals surface area (Å²) >= 11 is 0. The molecule has 3 N–H and O–H groups in total. The minimum Gasteiger partial charge on any atom is -0.352 e. The second-order valence-electron chi connectivity index (χ2n) is 6.13. The third-order valence-electron chi connectivity index (χ3n) is 4.29. The van der Waals surface area contributed by atoms with Gasteiger partial charge in [-0.05, 0) is 32.1 Å². The van der Waals surface area contributed by atoms with Gasteiger partial charge in [-0.1, -0.05) is 19.8 Å². The van der Waals surface area contributed by atoms with Gasteiger partial charge >= 0.3 is 0 Å². The Bertz CT molecular complexity index is 347. The predicted octanol–water partition coefficient (Wildman–Crippen LogP) is 1.02. The molecule has 2 aliphatic rings. The van der Waals surface area contributed by atoms with Gasteiger partial charge in [0.05, 0.1) is 6.04 Å². The predicted molar refractivity (Wildman–Crippen MR) is 78.0 cm³/mol. The summed E-state index contributed by atoms with van der Waals surface area (Å²) < 4.78 is 0. The summed E-state index contributed by atoms with van der Waals surface area (Å²) in [6.07, 6.45) is 6.62. The quantitative estimate of drug-likeness (QED) is 0.763. The van der Waals surface area contributed by atoms with Crippen molar-refractivity contribution >= 4 is 11.8 Å². The fourth-order valence-electron chi connectivity index (χ4n) is 2.70. The second kappa shape index (κ2) is 7.07. The highest BCUT2D eigenvalue weighted by molar-refractivity contribution is 5.82. The lowest BCUT2D eigenvalue weighted by molar-refractivity contribution is -0.133. The molecule has 0 radical (unpaired) electrons. The summed E-state index contributed by atoms with van der Waals surface area (Å²) in [6, 6.07) is -0.209. The van der Waals surface area contributed by atoms with E-state index in [9.17, 15) is 9.59 Å². The number of nitrogens with zero attached hydrogens (tertiary/aromatic N) is 1. The average molecular weight is 281 g/mol. The summed E-state index contributed by atoms with van der Waals surface area (Å²) in [6.45, 7) is 3.63. The van der Waals surface area contributed by atoms with Gasteiger partial charge in [0.25, 0.3) is 0 Å². The van der Waals surface area contributed by atoms with Crippen LogP contribution in [0.25, 0.3) is 0 Å². The van der Waals surface area contributed by atoms with Crippen molar-refractivity contribution in [3.63, 3.8) is 0 Å². The van der Waals surface area contributed by atoms with Crippen molar-refractivity contribution in [1.82, 2.24) is 10.2 Å². The first-order valence-corrected chi connectivity index (χ1v) is 7.96. The molecule has 1 saturated carbocycles. The molecule has 0 unspecified atom stereocenters. The van der Waals surface area contributed by atoms with Crippen molar-refractivity contribution in [2.45, 2.75) is 64.0 Å². The maximum atomic E-state index is 11.9. The molecule has 1 heterocycles. The highest BCUT2D eigenvalue weighted by Gasteiger charge is 2.35. The fraction of sp³-hybridized carbons (Fsp3) is 0.867. The fourth-order valence-corrected chi connectivity index (χ4v) is 2.70. The first-order valence-electron chi connectivity index (χ1n) is 7.96. The molecule has 5 heteroatoms. The molecule has 20 heavy (non-hydrogen) atoms. The van der Waals surface area contributed by atoms with Gasteiger partial charge in [-0.3, -0.25) is 9.59 Å². The molecule has 5 nitrogen and oxygen atoms in total. The molecule has 1 aliphatic carbocycles. The Kier molecular flexibility index (Phi) is 5.40. The molecule has 2 amide bonds. The van der Waals surface area contributed by atoms with Crippen LogP contribution in [0, 0.1) is 5.92 Å². The van der Waals surface area contributed by atoms with Crippen LogP contribution in [0.15, 0.2) is 0 Å². The van der Waals surface area contributed by atoms with Crippen molar-refractivity contribution in [1.29, 1.82) is 0 Å². The lowest BCUT2D eigenvalue weighted by Crippen LogP contribution is -2.50. The number of hydrogen-bond donors (Lipinski definition) is 2. The van der Waals surface area contributed by atoms with E-state index in [4.69, 9.17) is 5.73 Å². The molecule has 0 bridgehead atoms. The van der Waals surface area contributed by atoms with E-state index in [1.807, 2.05) is 4.90 Å². The number of carbonyl (C=O) groups excluding carboxylic acids is 2. The third kappa shape index (κ3) is 4.20. The molecule has 114 valence electrons. The van der Waals surface area contributed by atoms with Gasteiger partial charge in [0, 0.05) is 25.0 Å². The van der Waals surface area contributed by atoms with Crippen molar-refractivity contribution in [3.05, 3.63) is 0 Å². The highest BCUT2D eigenvalue weighted by Crippen LogP contribution is 2.31. The van der Waals surface area contributed by atoms with E-state index in [0.29, 0.717) is 11.8 Å². The number of nitrogens with two attached hydrogens (primary N) is 1. The third-order valence-corrected chi connectivity index (χ3v) is 4.29. The second-order valence-corrected chi connectivity index (χ2v) is 6.13. The summed E-state index contributed by atoms with van der Waals surface area (Å²) in [5.41, 5.74) is 5.87. The Labute approximate surface area is 121 Å². The van der Waals surface area contributed by atoms with E-state index in [2.05, 4.69) is 12.2 Å². The molecule has 2 rings (SSSR count). The number of nitrogens with one attached hydrogen (secondary N) is 1. The molecule has 1 atom stereocenters. The zero-order valence-electron chi connectivity index (χ0n) is 12.4. The van der Waals surface area contributed by atoms with Gasteiger partial charge in [-0.25, -0.2) is 0 Å². The number of rotatable bonds is 6. The first-order chi connectivity index (χ1) is 9.61. The van der Waals surface area contributed by atoms with E-state index < -0.39 is 0 Å². The SMILES string of the molecule is CCCC[C@H](N)C(=O)NC1CCN(C(=O)C2CC2)CC1. The minimum absolute atomic E-state index is 0.0366. The maximum Gasteiger partial charge on any atom is 0.237 e. The van der Waals surface area contributed by atoms with E-state index in [1.54, 1.807) is 0 Å². The number of piperidine rings is 1. The lowest BCUT2D eigenvalue weighted by atomic mass is 10.0. The summed E-state index contributed by atoms with van der Waals surface area (Å²) in [5.74, 6) is 0.573. The van der Waals surface area contributed by atoms with Crippen LogP contribution in [0.2, 0.25) is 0 Å². The van der Waals surface area contributed by atoms with Crippen LogP contribution in [0.4, 0.5) is 0 Å². The van der Waals surface area contributed by atoms with Gasteiger partial charge in [0.1, 0.15) is 0 Å². The number of likely N-dealkylation sites (tertiary alicyclic amines) is 1. The van der Waals surface area contributed by atoms with Crippen molar-refractivity contribution < 1.29 is 9.59 Å². The molecule has 0 spiro atoms. The van der Waals surface area contributed by atoms with Crippen molar-refractivity contribution in [2.75, 3.05) is 13.1 Å². The molecular formula is C15H27N3O2. The Morgan fingerprint density at radius 2 is 1.90 bits per heavy atom. The first kappa shape index (κ1) is 15.3. The largest absolute Gasteiger partial charge is 0.352 e. The summed E-state index contributed by atoms with van der Waals surface area (Å²) in [4.78, 5) is 25.8. The van der Waals surface area contributed by atoms with E-state index in [-0.39, 0.29) is 18.0 Å². The number of carbonyl (C=O) groups is 2. The van der Waals surface area contributed by atoms with E-state index in [1.165, 1.54) is 0 Å². The van der Waals surface area contributed by atoms with E-state index >= 15 is 0 Å². The minimum atomic E-state index is -0.388. The van der Waals surface area contributed by atoms with Crippen LogP contribution in [0.1, 0.15) is 51.9 Å². The summed E-state index contributed by atoms with van der Waals surface area (Å²) in [5, 5.41) is 3.03. The molecule has 2 fully saturated rings. The van der Waals surface area contributed by atoms with E-state index in [0.717, 1.165) is 58.0 Å². The van der Waals surface area contributed by atoms with Gasteiger partial charge in [-0.15, -0.1) is 0 Å². The zero-order valence-corrected chi connectivity index (χ0v) is 12.4. The van der Waals surface area contributed by atoms with Crippen molar-refractivity contribution in [2.24, 2.45) is 11.7 Å². The van der Waals surface area contributed by atoms with Crippen LogP contribution >= 0.6 is 0 Å². The van der Waals surface area contributed by atoms with Crippen LogP contribution in [0.5, 0.6) is 0 Å². The topological polar surface area (TPSA) is 75.4 Å². The van der Waals surface area contributed by atoms with Crippen LogP contribution in [-0.4, -0.2) is 41.9 Å². The Hall–Kier alpha value is -1.10. The normalized spacial score (nSPS) is 21.6. The highest BCUT2D eigenvalue weighted by atomic mass is 16.2. The Morgan fingerprint density at radius 3 is 2.45 bits per heavy atom. The molecule has 0 aromatic heterocycles. The smallest absolute Gasteiger partial charge is 0.237 e. The van der Waals surface area contributed by atoms with Gasteiger partial charge in [0.2, 0.25) is 11.8 Å². The van der Waals surface area contributed by atoms with Gasteiger partial charge in [0.15, 0.2) is 0 Å². The Morgan fingerprint density at radius 1 is 1.25 bits per heavy atom. The zero-order chi connectivity index (χ0) is 14.5. The molecule has 0 aromatic carbocycles. The number of hydrogen-bond acceptors (Lipinski definition) is 3. The van der Waals surface area contributed by atoms with Crippen LogP contribution in [-0.2, 0) is 9.59 Å². The standard InChI is InChI=1S/C15H27N3O2/c1-2-3-4-13(16)14(19)17-12-7-9-18(10-8-12)15(20)11-5-6-11/h11-13H,2-10,16H2,1H3,(H,17,19)/t13-/m0/s1. The lowest BCUT2D eigenvalue weighted by Gasteiger charge is -2.33. The number of unbranched alkanes of at least 4 members (excludes halogenated alkanes) is 1. The van der Waals surface area contributed by atoms with Crippen molar-refractivity contribution in [3.8, 4) is 0 Å². The molecule has 1 saturated heterocycles. The van der Waals surface area contributed by atoms with Gasteiger partial charge in [-0.2, -0.15) is 0 Å². The summed E-state index contributed by atoms with van der Waals surface area (Å²) in [7, 11) is 0. The average Bonchev–Trinajstić information content (AvgIpc) is 3.29. The van der Waals surface area contributed by atoms with Crippen LogP contribution in [0.3, 0.4) is 0 Å². The molecule has 1 aliphatic heterocycles. The maximum absolute atomic E-state index is 11.9. The monoisotopic (exact) mass is 281 g/mol. The number of amides is 2. The van der Waals surface area contributed by atoms with Crippen LogP contribution < -0.4 is 11.1 Å². The molecule has 0 aromatic rings. The van der Waals surface area contributed by atoms with Gasteiger partial charge < -0.3 is 16.0 Å². The molecular weight excluding hydrogens is 254 g/mol.